The van der Waals surface area contributed by atoms with Crippen LogP contribution in [0.2, 0.25) is 0 Å². The van der Waals surface area contributed by atoms with E-state index in [0.29, 0.717) is 6.42 Å². The standard InChI is InChI=1S/C12H13N/c13-9-3-5-10-4-1-2-6-12(10)11-7-8-11/h1-2,4,6,11H,3,5,7-8H2. The van der Waals surface area contributed by atoms with Gasteiger partial charge in [0.25, 0.3) is 0 Å². The summed E-state index contributed by atoms with van der Waals surface area (Å²) in [7, 11) is 0. The Labute approximate surface area is 79.0 Å². The van der Waals surface area contributed by atoms with Crippen LogP contribution >= 0.6 is 0 Å². The molecular formula is C12H13N. The van der Waals surface area contributed by atoms with Crippen LogP contribution in [0, 0.1) is 11.3 Å². The molecule has 0 bridgehead atoms. The third-order valence-corrected chi connectivity index (χ3v) is 2.58. The Kier molecular flexibility index (Phi) is 2.31. The SMILES string of the molecule is N#CCCc1ccccc1C1CC1. The van der Waals surface area contributed by atoms with Crippen molar-refractivity contribution in [2.24, 2.45) is 0 Å². The third kappa shape index (κ3) is 1.89. The lowest BCUT2D eigenvalue weighted by atomic mass is 10.00. The van der Waals surface area contributed by atoms with Crippen LogP contribution in [0.3, 0.4) is 0 Å². The smallest absolute Gasteiger partial charge is 0.0625 e. The van der Waals surface area contributed by atoms with Gasteiger partial charge in [-0.15, -0.1) is 0 Å². The molecule has 0 aromatic heterocycles. The Bertz CT molecular complexity index is 331. The maximum Gasteiger partial charge on any atom is 0.0625 e. The molecule has 13 heavy (non-hydrogen) atoms. The van der Waals surface area contributed by atoms with Gasteiger partial charge in [-0.25, -0.2) is 0 Å². The molecule has 1 aliphatic rings. The first kappa shape index (κ1) is 8.31. The summed E-state index contributed by atoms with van der Waals surface area (Å²) in [4.78, 5) is 0. The zero-order chi connectivity index (χ0) is 9.10. The molecule has 66 valence electrons. The van der Waals surface area contributed by atoms with Gasteiger partial charge in [-0.3, -0.25) is 0 Å². The van der Waals surface area contributed by atoms with Crippen LogP contribution in [0.4, 0.5) is 0 Å². The second-order valence-electron chi connectivity index (χ2n) is 3.63. The van der Waals surface area contributed by atoms with Gasteiger partial charge in [0.1, 0.15) is 0 Å². The average molecular weight is 171 g/mol. The van der Waals surface area contributed by atoms with Gasteiger partial charge in [0.2, 0.25) is 0 Å². The number of nitriles is 1. The fourth-order valence-electron chi connectivity index (χ4n) is 1.75. The molecule has 0 aliphatic heterocycles. The van der Waals surface area contributed by atoms with Crippen LogP contribution in [-0.4, -0.2) is 0 Å². The molecule has 1 fully saturated rings. The van der Waals surface area contributed by atoms with E-state index in [-0.39, 0.29) is 0 Å². The highest BCUT2D eigenvalue weighted by Crippen LogP contribution is 2.41. The molecule has 0 atom stereocenters. The number of benzene rings is 1. The highest BCUT2D eigenvalue weighted by Gasteiger charge is 2.25. The second kappa shape index (κ2) is 3.62. The minimum absolute atomic E-state index is 0.643. The third-order valence-electron chi connectivity index (χ3n) is 2.58. The minimum Gasteiger partial charge on any atom is -0.198 e. The van der Waals surface area contributed by atoms with Crippen molar-refractivity contribution in [1.29, 1.82) is 5.26 Å². The van der Waals surface area contributed by atoms with Crippen molar-refractivity contribution in [1.82, 2.24) is 0 Å². The van der Waals surface area contributed by atoms with Crippen LogP contribution in [0.15, 0.2) is 24.3 Å². The van der Waals surface area contributed by atoms with Gasteiger partial charge in [-0.2, -0.15) is 5.26 Å². The number of hydrogen-bond donors (Lipinski definition) is 0. The zero-order valence-electron chi connectivity index (χ0n) is 7.66. The van der Waals surface area contributed by atoms with Crippen molar-refractivity contribution in [2.75, 3.05) is 0 Å². The van der Waals surface area contributed by atoms with Crippen molar-refractivity contribution >= 4 is 0 Å². The molecule has 0 spiro atoms. The van der Waals surface area contributed by atoms with Gasteiger partial charge in [-0.1, -0.05) is 24.3 Å². The summed E-state index contributed by atoms with van der Waals surface area (Å²) in [6.45, 7) is 0. The lowest BCUT2D eigenvalue weighted by Gasteiger charge is -2.05. The molecule has 0 saturated heterocycles. The van der Waals surface area contributed by atoms with Gasteiger partial charge in [0.15, 0.2) is 0 Å². The monoisotopic (exact) mass is 171 g/mol. The van der Waals surface area contributed by atoms with E-state index in [1.165, 1.54) is 24.0 Å². The first-order valence-corrected chi connectivity index (χ1v) is 4.86. The van der Waals surface area contributed by atoms with Gasteiger partial charge in [0, 0.05) is 6.42 Å². The minimum atomic E-state index is 0.643. The van der Waals surface area contributed by atoms with E-state index < -0.39 is 0 Å². The van der Waals surface area contributed by atoms with Crippen molar-refractivity contribution in [3.8, 4) is 6.07 Å². The van der Waals surface area contributed by atoms with E-state index in [1.807, 2.05) is 0 Å². The normalized spacial score (nSPS) is 15.3. The molecule has 1 heteroatoms. The van der Waals surface area contributed by atoms with E-state index in [0.717, 1.165) is 12.3 Å². The van der Waals surface area contributed by atoms with E-state index in [4.69, 9.17) is 5.26 Å². The predicted octanol–water partition coefficient (Wildman–Crippen LogP) is 3.02. The molecule has 0 N–H and O–H groups in total. The van der Waals surface area contributed by atoms with Gasteiger partial charge in [-0.05, 0) is 36.3 Å². The molecule has 0 unspecified atom stereocenters. The number of hydrogen-bond acceptors (Lipinski definition) is 1. The summed E-state index contributed by atoms with van der Waals surface area (Å²) in [6.07, 6.45) is 4.24. The highest BCUT2D eigenvalue weighted by atomic mass is 14.3. The summed E-state index contributed by atoms with van der Waals surface area (Å²) in [6, 6.07) is 10.7. The predicted molar refractivity (Wildman–Crippen MR) is 52.4 cm³/mol. The van der Waals surface area contributed by atoms with Crippen LogP contribution < -0.4 is 0 Å². The number of aryl methyl sites for hydroxylation is 1. The maximum atomic E-state index is 8.52. The highest BCUT2D eigenvalue weighted by molar-refractivity contribution is 5.33. The molecule has 0 radical (unpaired) electrons. The lowest BCUT2D eigenvalue weighted by molar-refractivity contribution is 0.963. The maximum absolute atomic E-state index is 8.52. The van der Waals surface area contributed by atoms with E-state index in [2.05, 4.69) is 30.3 Å². The van der Waals surface area contributed by atoms with Crippen LogP contribution in [-0.2, 0) is 6.42 Å². The van der Waals surface area contributed by atoms with Gasteiger partial charge >= 0.3 is 0 Å². The van der Waals surface area contributed by atoms with Crippen LogP contribution in [0.1, 0.15) is 36.3 Å². The van der Waals surface area contributed by atoms with E-state index in [1.54, 1.807) is 0 Å². The lowest BCUT2D eigenvalue weighted by Crippen LogP contribution is -1.91. The first-order chi connectivity index (χ1) is 6.42. The molecule has 1 aromatic carbocycles. The average Bonchev–Trinajstić information content (AvgIpc) is 2.98. The summed E-state index contributed by atoms with van der Waals surface area (Å²) in [5, 5.41) is 8.52. The topological polar surface area (TPSA) is 23.8 Å². The first-order valence-electron chi connectivity index (χ1n) is 4.86. The largest absolute Gasteiger partial charge is 0.198 e. The molecular weight excluding hydrogens is 158 g/mol. The summed E-state index contributed by atoms with van der Waals surface area (Å²) < 4.78 is 0. The molecule has 0 heterocycles. The number of nitrogens with zero attached hydrogens (tertiary/aromatic N) is 1. The molecule has 1 aliphatic carbocycles. The quantitative estimate of drug-likeness (QED) is 0.685. The summed E-state index contributed by atoms with van der Waals surface area (Å²) >= 11 is 0. The molecule has 2 rings (SSSR count). The Morgan fingerprint density at radius 1 is 1.31 bits per heavy atom. The molecule has 0 amide bonds. The Morgan fingerprint density at radius 3 is 2.77 bits per heavy atom. The Hall–Kier alpha value is -1.29. The van der Waals surface area contributed by atoms with Crippen LogP contribution in [0.5, 0.6) is 0 Å². The number of rotatable bonds is 3. The van der Waals surface area contributed by atoms with Crippen molar-refractivity contribution < 1.29 is 0 Å². The molecule has 1 saturated carbocycles. The summed E-state index contributed by atoms with van der Waals surface area (Å²) in [5.41, 5.74) is 2.87. The molecule has 1 aromatic rings. The zero-order valence-corrected chi connectivity index (χ0v) is 7.66. The van der Waals surface area contributed by atoms with Crippen molar-refractivity contribution in [3.05, 3.63) is 35.4 Å². The van der Waals surface area contributed by atoms with E-state index >= 15 is 0 Å². The van der Waals surface area contributed by atoms with E-state index in [9.17, 15) is 0 Å². The van der Waals surface area contributed by atoms with Crippen LogP contribution in [0.25, 0.3) is 0 Å². The van der Waals surface area contributed by atoms with Gasteiger partial charge in [0.05, 0.1) is 6.07 Å². The fraction of sp³-hybridized carbons (Fsp3) is 0.417. The molecule has 1 nitrogen and oxygen atoms in total. The van der Waals surface area contributed by atoms with Gasteiger partial charge < -0.3 is 0 Å². The second-order valence-corrected chi connectivity index (χ2v) is 3.63. The Balaban J connectivity index is 2.17. The summed E-state index contributed by atoms with van der Waals surface area (Å²) in [5.74, 6) is 0.801. The fourth-order valence-corrected chi connectivity index (χ4v) is 1.75. The van der Waals surface area contributed by atoms with Crippen molar-refractivity contribution in [2.45, 2.75) is 31.6 Å². The van der Waals surface area contributed by atoms with Crippen molar-refractivity contribution in [3.63, 3.8) is 0 Å². The Morgan fingerprint density at radius 2 is 2.08 bits per heavy atom.